The third kappa shape index (κ3) is 3.87. The van der Waals surface area contributed by atoms with Gasteiger partial charge in [-0.3, -0.25) is 0 Å². The largest absolute Gasteiger partial charge is 0.338 e. The van der Waals surface area contributed by atoms with Crippen LogP contribution in [0.25, 0.3) is 0 Å². The number of hydrogen-bond acceptors (Lipinski definition) is 2. The maximum atomic E-state index is 3.97. The highest BCUT2D eigenvalue weighted by atomic mass is 79.9. The molecule has 0 bridgehead atoms. The molecular weight excluding hydrogens is 256 g/mol. The highest BCUT2D eigenvalue weighted by Crippen LogP contribution is 2.04. The lowest BCUT2D eigenvalue weighted by molar-refractivity contribution is 0.741. The average molecular weight is 271 g/mol. The Morgan fingerprint density at radius 1 is 1.20 bits per heavy atom. The second kappa shape index (κ2) is 6.40. The molecule has 0 saturated carbocycles. The van der Waals surface area contributed by atoms with Gasteiger partial charge in [-0.2, -0.15) is 0 Å². The van der Waals surface area contributed by atoms with Crippen LogP contribution in [0.4, 0.5) is 0 Å². The van der Waals surface area contributed by atoms with Gasteiger partial charge in [0.25, 0.3) is 0 Å². The van der Waals surface area contributed by atoms with Crippen molar-refractivity contribution in [3.8, 4) is 0 Å². The summed E-state index contributed by atoms with van der Waals surface area (Å²) in [6.45, 7) is 6.15. The van der Waals surface area contributed by atoms with Gasteiger partial charge in [-0.05, 0) is 29.8 Å². The van der Waals surface area contributed by atoms with E-state index in [9.17, 15) is 0 Å². The molecule has 2 heterocycles. The van der Waals surface area contributed by atoms with E-state index in [0.29, 0.717) is 0 Å². The first kappa shape index (κ1) is 12.0. The Balaban J connectivity index is 0.000000151. The first-order valence-electron chi connectivity index (χ1n) is 4.90. The van der Waals surface area contributed by atoms with E-state index in [4.69, 9.17) is 0 Å². The molecular formula is C10H15BrN4. The van der Waals surface area contributed by atoms with Crippen molar-refractivity contribution in [3.05, 3.63) is 35.8 Å². The van der Waals surface area contributed by atoms with Gasteiger partial charge in [-0.25, -0.2) is 9.97 Å². The number of nitrogens with zero attached hydrogens (tertiary/aromatic N) is 4. The van der Waals surface area contributed by atoms with Gasteiger partial charge in [0.2, 0.25) is 0 Å². The van der Waals surface area contributed by atoms with Gasteiger partial charge in [0, 0.05) is 37.9 Å². The molecule has 0 N–H and O–H groups in total. The number of aryl methyl sites for hydroxylation is 2. The second-order valence-electron chi connectivity index (χ2n) is 2.88. The molecule has 2 rings (SSSR count). The molecule has 0 saturated heterocycles. The van der Waals surface area contributed by atoms with Crippen LogP contribution in [0.5, 0.6) is 0 Å². The van der Waals surface area contributed by atoms with E-state index in [1.54, 1.807) is 18.7 Å². The summed E-state index contributed by atoms with van der Waals surface area (Å²) >= 11 is 3.28. The normalized spacial score (nSPS) is 9.53. The molecule has 2 aromatic heterocycles. The minimum atomic E-state index is 0.903. The van der Waals surface area contributed by atoms with E-state index in [2.05, 4.69) is 39.7 Å². The van der Waals surface area contributed by atoms with Gasteiger partial charge in [-0.15, -0.1) is 0 Å². The van der Waals surface area contributed by atoms with E-state index in [1.165, 1.54) is 0 Å². The van der Waals surface area contributed by atoms with E-state index in [1.807, 2.05) is 21.5 Å². The quantitative estimate of drug-likeness (QED) is 0.841. The van der Waals surface area contributed by atoms with Crippen molar-refractivity contribution in [2.45, 2.75) is 26.9 Å². The van der Waals surface area contributed by atoms with Crippen molar-refractivity contribution < 1.29 is 0 Å². The fourth-order valence-electron chi connectivity index (χ4n) is 1.02. The summed E-state index contributed by atoms with van der Waals surface area (Å²) in [6.07, 6.45) is 9.24. The summed E-state index contributed by atoms with van der Waals surface area (Å²) in [5.74, 6) is 0. The Labute approximate surface area is 98.1 Å². The van der Waals surface area contributed by atoms with Gasteiger partial charge < -0.3 is 9.13 Å². The number of aromatic nitrogens is 4. The molecule has 5 heteroatoms. The standard InChI is InChI=1S/C5H7BrN2.C5H8N2/c1-2-8-4-3-7-5(8)6;1-2-7-4-3-6-5-7/h3-4H,2H2,1H3;3-5H,2H2,1H3. The van der Waals surface area contributed by atoms with Gasteiger partial charge >= 0.3 is 0 Å². The second-order valence-corrected chi connectivity index (χ2v) is 3.58. The predicted molar refractivity (Wildman–Crippen MR) is 63.5 cm³/mol. The smallest absolute Gasteiger partial charge is 0.177 e. The molecule has 0 fully saturated rings. The fourth-order valence-corrected chi connectivity index (χ4v) is 1.51. The van der Waals surface area contributed by atoms with Gasteiger partial charge in [0.05, 0.1) is 6.33 Å². The predicted octanol–water partition coefficient (Wildman–Crippen LogP) is 2.57. The van der Waals surface area contributed by atoms with Crippen molar-refractivity contribution in [2.75, 3.05) is 0 Å². The highest BCUT2D eigenvalue weighted by Gasteiger charge is 1.90. The van der Waals surface area contributed by atoms with Crippen LogP contribution in [0, 0.1) is 0 Å². The topological polar surface area (TPSA) is 35.6 Å². The van der Waals surface area contributed by atoms with Gasteiger partial charge in [0.15, 0.2) is 4.73 Å². The summed E-state index contributed by atoms with van der Waals surface area (Å²) in [6, 6.07) is 0. The average Bonchev–Trinajstić information content (AvgIpc) is 2.88. The lowest BCUT2D eigenvalue weighted by Crippen LogP contribution is -1.90. The van der Waals surface area contributed by atoms with Crippen LogP contribution in [0.3, 0.4) is 0 Å². The zero-order valence-electron chi connectivity index (χ0n) is 8.97. The van der Waals surface area contributed by atoms with Crippen molar-refractivity contribution >= 4 is 15.9 Å². The third-order valence-electron chi connectivity index (χ3n) is 1.93. The number of imidazole rings is 2. The van der Waals surface area contributed by atoms with Crippen LogP contribution in [-0.4, -0.2) is 19.1 Å². The first-order valence-corrected chi connectivity index (χ1v) is 5.69. The molecule has 0 radical (unpaired) electrons. The van der Waals surface area contributed by atoms with Crippen molar-refractivity contribution in [3.63, 3.8) is 0 Å². The zero-order valence-corrected chi connectivity index (χ0v) is 10.6. The summed E-state index contributed by atoms with van der Waals surface area (Å²) in [4.78, 5) is 7.82. The lowest BCUT2D eigenvalue weighted by atomic mass is 10.7. The molecule has 0 amide bonds. The van der Waals surface area contributed by atoms with Crippen molar-refractivity contribution in [1.82, 2.24) is 19.1 Å². The van der Waals surface area contributed by atoms with Gasteiger partial charge in [0.1, 0.15) is 0 Å². The fraction of sp³-hybridized carbons (Fsp3) is 0.400. The molecule has 0 unspecified atom stereocenters. The van der Waals surface area contributed by atoms with Crippen LogP contribution in [0.15, 0.2) is 35.8 Å². The molecule has 0 atom stereocenters. The number of rotatable bonds is 2. The van der Waals surface area contributed by atoms with E-state index >= 15 is 0 Å². The molecule has 82 valence electrons. The van der Waals surface area contributed by atoms with Crippen LogP contribution in [0.2, 0.25) is 0 Å². The molecule has 2 aromatic rings. The van der Waals surface area contributed by atoms with E-state index < -0.39 is 0 Å². The Kier molecular flexibility index (Phi) is 5.10. The molecule has 4 nitrogen and oxygen atoms in total. The highest BCUT2D eigenvalue weighted by molar-refractivity contribution is 9.10. The molecule has 0 spiro atoms. The Bertz CT molecular complexity index is 366. The van der Waals surface area contributed by atoms with Gasteiger partial charge in [-0.1, -0.05) is 0 Å². The molecule has 15 heavy (non-hydrogen) atoms. The Morgan fingerprint density at radius 2 is 2.00 bits per heavy atom. The molecule has 0 aliphatic rings. The first-order chi connectivity index (χ1) is 7.27. The SMILES string of the molecule is CCn1ccnc1.CCn1ccnc1Br. The number of hydrogen-bond donors (Lipinski definition) is 0. The van der Waals surface area contributed by atoms with Crippen LogP contribution in [-0.2, 0) is 13.1 Å². The maximum absolute atomic E-state index is 3.97. The van der Waals surface area contributed by atoms with Crippen molar-refractivity contribution in [2.24, 2.45) is 0 Å². The van der Waals surface area contributed by atoms with Crippen LogP contribution >= 0.6 is 15.9 Å². The lowest BCUT2D eigenvalue weighted by Gasteiger charge is -1.93. The number of halogens is 1. The summed E-state index contributed by atoms with van der Waals surface area (Å²) in [5.41, 5.74) is 0. The van der Waals surface area contributed by atoms with Crippen LogP contribution in [0.1, 0.15) is 13.8 Å². The van der Waals surface area contributed by atoms with Crippen LogP contribution < -0.4 is 0 Å². The minimum Gasteiger partial charge on any atom is -0.338 e. The summed E-state index contributed by atoms with van der Waals surface area (Å²) in [7, 11) is 0. The maximum Gasteiger partial charge on any atom is 0.177 e. The third-order valence-corrected chi connectivity index (χ3v) is 2.59. The molecule has 0 aromatic carbocycles. The zero-order chi connectivity index (χ0) is 11.1. The Morgan fingerprint density at radius 3 is 2.27 bits per heavy atom. The van der Waals surface area contributed by atoms with E-state index in [0.717, 1.165) is 17.8 Å². The molecule has 0 aliphatic carbocycles. The Hall–Kier alpha value is -1.10. The summed E-state index contributed by atoms with van der Waals surface area (Å²) in [5, 5.41) is 0. The minimum absolute atomic E-state index is 0.903. The van der Waals surface area contributed by atoms with E-state index in [-0.39, 0.29) is 0 Å². The molecule has 0 aliphatic heterocycles. The summed E-state index contributed by atoms with van der Waals surface area (Å²) < 4.78 is 4.93. The monoisotopic (exact) mass is 270 g/mol. The van der Waals surface area contributed by atoms with Crippen molar-refractivity contribution in [1.29, 1.82) is 0 Å².